The molecule has 0 saturated carbocycles. The quantitative estimate of drug-likeness (QED) is 0.251. The van der Waals surface area contributed by atoms with Gasteiger partial charge in [0.1, 0.15) is 12.0 Å². The first kappa shape index (κ1) is 29.7. The summed E-state index contributed by atoms with van der Waals surface area (Å²) in [6.07, 6.45) is 5.37. The first-order valence-electron chi connectivity index (χ1n) is 13.1. The number of rotatable bonds is 7. The zero-order valence-electron chi connectivity index (χ0n) is 21.5. The fraction of sp³-hybridized carbons (Fsp3) is 0.429. The highest BCUT2D eigenvalue weighted by Gasteiger charge is 2.21. The molecule has 39 heavy (non-hydrogen) atoms. The molecule has 0 spiro atoms. The lowest BCUT2D eigenvalue weighted by Gasteiger charge is -2.28. The summed E-state index contributed by atoms with van der Waals surface area (Å²) in [7, 11) is 0. The first-order chi connectivity index (χ1) is 18.0. The molecule has 2 N–H and O–H groups in total. The van der Waals surface area contributed by atoms with Gasteiger partial charge in [-0.05, 0) is 69.5 Å². The zero-order valence-corrected chi connectivity index (χ0v) is 23.9. The van der Waals surface area contributed by atoms with Gasteiger partial charge in [0, 0.05) is 48.6 Å². The number of piperidine rings is 1. The van der Waals surface area contributed by atoms with Crippen LogP contribution in [0.5, 0.6) is 0 Å². The molecule has 1 unspecified atom stereocenters. The van der Waals surface area contributed by atoms with Crippen LogP contribution in [-0.4, -0.2) is 59.1 Å². The van der Waals surface area contributed by atoms with Crippen molar-refractivity contribution in [3.05, 3.63) is 59.5 Å². The number of carbonyl (C=O) groups excluding carboxylic acids is 1. The summed E-state index contributed by atoms with van der Waals surface area (Å²) in [6, 6.07) is 11.2. The average Bonchev–Trinajstić information content (AvgIpc) is 3.64. The van der Waals surface area contributed by atoms with Crippen LogP contribution in [0, 0.1) is 5.82 Å². The van der Waals surface area contributed by atoms with E-state index >= 15 is 0 Å². The second kappa shape index (κ2) is 12.9. The monoisotopic (exact) mass is 595 g/mol. The van der Waals surface area contributed by atoms with E-state index in [1.165, 1.54) is 11.3 Å². The molecular weight excluding hydrogens is 563 g/mol. The number of fused-ring (bicyclic) bond motifs is 3. The van der Waals surface area contributed by atoms with Gasteiger partial charge in [-0.15, -0.1) is 24.8 Å². The van der Waals surface area contributed by atoms with Crippen molar-refractivity contribution in [1.29, 1.82) is 0 Å². The van der Waals surface area contributed by atoms with E-state index < -0.39 is 6.17 Å². The van der Waals surface area contributed by atoms with Gasteiger partial charge in [0.2, 0.25) is 0 Å². The van der Waals surface area contributed by atoms with Crippen molar-refractivity contribution in [3.8, 4) is 11.3 Å². The Kier molecular flexibility index (Phi) is 9.82. The van der Waals surface area contributed by atoms with Crippen LogP contribution < -0.4 is 10.6 Å². The summed E-state index contributed by atoms with van der Waals surface area (Å²) in [6.45, 7) is 4.00. The second-order valence-electron chi connectivity index (χ2n) is 10.1. The Morgan fingerprint density at radius 1 is 1.13 bits per heavy atom. The number of alkyl halides is 1. The van der Waals surface area contributed by atoms with Gasteiger partial charge in [0.15, 0.2) is 4.96 Å². The van der Waals surface area contributed by atoms with E-state index in [-0.39, 0.29) is 42.6 Å². The van der Waals surface area contributed by atoms with E-state index in [1.807, 2.05) is 40.9 Å². The number of carbonyl (C=O) groups is 1. The van der Waals surface area contributed by atoms with Gasteiger partial charge < -0.3 is 15.5 Å². The molecular formula is C28H33Cl2F2N5OS. The highest BCUT2D eigenvalue weighted by Crippen LogP contribution is 2.32. The second-order valence-corrected chi connectivity index (χ2v) is 11.1. The first-order valence-corrected chi connectivity index (χ1v) is 14.0. The van der Waals surface area contributed by atoms with Gasteiger partial charge in [-0.1, -0.05) is 23.5 Å². The standard InChI is InChI=1S/C28H31F2N5OS.2ClH/c29-20-8-13-34(14-9-20)12-2-11-32-27(36)19-5-7-25-26(16-19)37-28-33-24(17-35(25)28)18-4-6-21(22(30)15-18)23-3-1-10-31-23;;/h4-7,15-17,20,23,31H,1-3,8-14H2,(H,32,36);2*1H. The molecule has 2 aromatic carbocycles. The minimum Gasteiger partial charge on any atom is -0.352 e. The van der Waals surface area contributed by atoms with Gasteiger partial charge in [-0.25, -0.2) is 13.8 Å². The Balaban J connectivity index is 0.00000176. The predicted molar refractivity (Wildman–Crippen MR) is 158 cm³/mol. The molecule has 210 valence electrons. The fourth-order valence-corrected chi connectivity index (χ4v) is 6.48. The Hall–Kier alpha value is -2.30. The molecule has 0 radical (unpaired) electrons. The Bertz CT molecular complexity index is 1430. The topological polar surface area (TPSA) is 61.7 Å². The van der Waals surface area contributed by atoms with E-state index in [0.717, 1.165) is 77.4 Å². The number of thiazole rings is 1. The van der Waals surface area contributed by atoms with Crippen LogP contribution in [-0.2, 0) is 0 Å². The summed E-state index contributed by atoms with van der Waals surface area (Å²) in [5.41, 5.74) is 3.80. The summed E-state index contributed by atoms with van der Waals surface area (Å²) >= 11 is 1.51. The number of hydrogen-bond acceptors (Lipinski definition) is 5. The number of nitrogens with zero attached hydrogens (tertiary/aromatic N) is 3. The molecule has 4 aromatic rings. The largest absolute Gasteiger partial charge is 0.352 e. The van der Waals surface area contributed by atoms with Crippen LogP contribution in [0.15, 0.2) is 42.6 Å². The molecule has 4 heterocycles. The number of halogens is 4. The van der Waals surface area contributed by atoms with Crippen molar-refractivity contribution >= 4 is 57.2 Å². The maximum Gasteiger partial charge on any atom is 0.251 e. The van der Waals surface area contributed by atoms with Crippen LogP contribution in [0.1, 0.15) is 54.1 Å². The number of imidazole rings is 1. The molecule has 1 atom stereocenters. The maximum absolute atomic E-state index is 14.8. The van der Waals surface area contributed by atoms with E-state index in [9.17, 15) is 13.6 Å². The van der Waals surface area contributed by atoms with Crippen molar-refractivity contribution in [1.82, 2.24) is 24.9 Å². The van der Waals surface area contributed by atoms with Crippen LogP contribution >= 0.6 is 36.2 Å². The normalized spacial score (nSPS) is 18.3. The van der Waals surface area contributed by atoms with Crippen molar-refractivity contribution in [2.75, 3.05) is 32.7 Å². The van der Waals surface area contributed by atoms with Crippen LogP contribution in [0.25, 0.3) is 26.4 Å². The predicted octanol–water partition coefficient (Wildman–Crippen LogP) is 6.18. The fourth-order valence-electron chi connectivity index (χ4n) is 5.43. The van der Waals surface area contributed by atoms with Crippen molar-refractivity contribution in [2.24, 2.45) is 0 Å². The molecule has 2 aromatic heterocycles. The van der Waals surface area contributed by atoms with E-state index in [0.29, 0.717) is 24.9 Å². The highest BCUT2D eigenvalue weighted by molar-refractivity contribution is 7.23. The van der Waals surface area contributed by atoms with Crippen LogP contribution in [0.4, 0.5) is 8.78 Å². The number of likely N-dealkylation sites (tertiary alicyclic amines) is 1. The highest BCUT2D eigenvalue weighted by atomic mass is 35.5. The maximum atomic E-state index is 14.8. The van der Waals surface area contributed by atoms with Gasteiger partial charge in [-0.3, -0.25) is 9.20 Å². The van der Waals surface area contributed by atoms with Crippen LogP contribution in [0.2, 0.25) is 0 Å². The Labute approximate surface area is 243 Å². The van der Waals surface area contributed by atoms with Gasteiger partial charge in [0.05, 0.1) is 15.9 Å². The molecule has 0 bridgehead atoms. The average molecular weight is 597 g/mol. The van der Waals surface area contributed by atoms with Gasteiger partial charge in [0.25, 0.3) is 5.91 Å². The summed E-state index contributed by atoms with van der Waals surface area (Å²) < 4.78 is 31.1. The van der Waals surface area contributed by atoms with E-state index in [2.05, 4.69) is 15.5 Å². The summed E-state index contributed by atoms with van der Waals surface area (Å²) in [4.78, 5) is 20.5. The number of amides is 1. The lowest BCUT2D eigenvalue weighted by atomic mass is 10.0. The number of hydrogen-bond donors (Lipinski definition) is 2. The molecule has 2 aliphatic rings. The minimum atomic E-state index is -0.661. The Morgan fingerprint density at radius 3 is 2.69 bits per heavy atom. The molecule has 2 aliphatic heterocycles. The Morgan fingerprint density at radius 2 is 1.95 bits per heavy atom. The van der Waals surface area contributed by atoms with E-state index in [4.69, 9.17) is 4.98 Å². The molecule has 6 rings (SSSR count). The number of benzene rings is 2. The lowest BCUT2D eigenvalue weighted by Crippen LogP contribution is -2.36. The van der Waals surface area contributed by atoms with Gasteiger partial charge in [-0.2, -0.15) is 0 Å². The summed E-state index contributed by atoms with van der Waals surface area (Å²) in [5.74, 6) is -0.290. The smallest absolute Gasteiger partial charge is 0.251 e. The molecule has 1 amide bonds. The van der Waals surface area contributed by atoms with Crippen molar-refractivity contribution in [3.63, 3.8) is 0 Å². The molecule has 0 aliphatic carbocycles. The van der Waals surface area contributed by atoms with Crippen molar-refractivity contribution < 1.29 is 13.6 Å². The molecule has 2 fully saturated rings. The minimum absolute atomic E-state index is 0. The van der Waals surface area contributed by atoms with Crippen LogP contribution in [0.3, 0.4) is 0 Å². The zero-order chi connectivity index (χ0) is 25.4. The number of nitrogens with one attached hydrogen (secondary N) is 2. The SMILES string of the molecule is Cl.Cl.O=C(NCCCN1CCC(F)CC1)c1ccc2c(c1)sc1nc(-c3ccc(C4CCCN4)c(F)c3)cn12. The van der Waals surface area contributed by atoms with E-state index in [1.54, 1.807) is 6.07 Å². The molecule has 2 saturated heterocycles. The molecule has 6 nitrogen and oxygen atoms in total. The molecule has 11 heteroatoms. The van der Waals surface area contributed by atoms with Crippen molar-refractivity contribution in [2.45, 2.75) is 44.3 Å². The number of aromatic nitrogens is 2. The lowest BCUT2D eigenvalue weighted by molar-refractivity contribution is 0.0950. The summed E-state index contributed by atoms with van der Waals surface area (Å²) in [5, 5.41) is 6.35. The third-order valence-corrected chi connectivity index (χ3v) is 8.56. The third kappa shape index (κ3) is 6.38. The van der Waals surface area contributed by atoms with Gasteiger partial charge >= 0.3 is 0 Å². The third-order valence-electron chi connectivity index (χ3n) is 7.54.